The van der Waals surface area contributed by atoms with Crippen LogP contribution in [0.4, 0.5) is 0 Å². The standard InChI is InChI=1S/C21H32OS8/c1-3-5-7-9-11-23-16-17(24-12-10-8-6-4-2)28-20(27-16)21-29-18-19(30-21)26-15(13-22)14-25-18/h15,22H,3-14H2,1-2H3. The zero-order valence-electron chi connectivity index (χ0n) is 17.8. The highest BCUT2D eigenvalue weighted by molar-refractivity contribution is 8.45. The molecule has 0 saturated heterocycles. The summed E-state index contributed by atoms with van der Waals surface area (Å²) < 4.78 is 8.96. The number of rotatable bonds is 13. The molecule has 0 aromatic carbocycles. The lowest BCUT2D eigenvalue weighted by Crippen LogP contribution is -2.13. The highest BCUT2D eigenvalue weighted by Gasteiger charge is 2.34. The molecular formula is C21H32OS8. The van der Waals surface area contributed by atoms with Crippen LogP contribution < -0.4 is 0 Å². The molecule has 1 nitrogen and oxygen atoms in total. The SMILES string of the molecule is CCCCCCSC1=C(SCCCCCC)SC(=C2SC3=C(S2)SC(CO)CS3)S1. The van der Waals surface area contributed by atoms with Crippen LogP contribution in [0.25, 0.3) is 0 Å². The summed E-state index contributed by atoms with van der Waals surface area (Å²) >= 11 is 16.0. The van der Waals surface area contributed by atoms with Gasteiger partial charge in [-0.1, -0.05) is 99.4 Å². The monoisotopic (exact) mass is 556 g/mol. The summed E-state index contributed by atoms with van der Waals surface area (Å²) in [4.78, 5) is 0. The molecule has 0 aromatic heterocycles. The molecule has 0 bridgehead atoms. The van der Waals surface area contributed by atoms with E-state index in [2.05, 4.69) is 37.4 Å². The van der Waals surface area contributed by atoms with Gasteiger partial charge in [0.15, 0.2) is 0 Å². The second kappa shape index (κ2) is 15.1. The molecule has 1 unspecified atom stereocenters. The van der Waals surface area contributed by atoms with Crippen LogP contribution >= 0.6 is 94.1 Å². The first-order valence-electron chi connectivity index (χ1n) is 10.8. The summed E-state index contributed by atoms with van der Waals surface area (Å²) in [5.74, 6) is 3.54. The quantitative estimate of drug-likeness (QED) is 0.222. The lowest BCUT2D eigenvalue weighted by atomic mass is 10.2. The van der Waals surface area contributed by atoms with E-state index in [1.54, 1.807) is 8.47 Å². The third kappa shape index (κ3) is 8.33. The van der Waals surface area contributed by atoms with Crippen LogP contribution in [0, 0.1) is 0 Å². The first-order valence-corrected chi connectivity index (χ1v) is 18.0. The van der Waals surface area contributed by atoms with E-state index < -0.39 is 0 Å². The molecule has 1 N–H and O–H groups in total. The van der Waals surface area contributed by atoms with Gasteiger partial charge < -0.3 is 5.11 Å². The minimum atomic E-state index is 0.286. The molecule has 3 heterocycles. The smallest absolute Gasteiger partial charge is 0.0717 e. The molecule has 0 aromatic rings. The van der Waals surface area contributed by atoms with Gasteiger partial charge in [-0.05, 0) is 24.3 Å². The maximum atomic E-state index is 9.53. The van der Waals surface area contributed by atoms with Crippen molar-refractivity contribution in [1.82, 2.24) is 0 Å². The van der Waals surface area contributed by atoms with Crippen molar-refractivity contribution >= 4 is 94.1 Å². The Bertz CT molecular complexity index is 629. The Hall–Kier alpha value is 1.98. The first kappa shape index (κ1) is 26.6. The van der Waals surface area contributed by atoms with Gasteiger partial charge in [-0.3, -0.25) is 0 Å². The first-order chi connectivity index (χ1) is 14.7. The lowest BCUT2D eigenvalue weighted by molar-refractivity contribution is 0.301. The number of aliphatic hydroxyl groups excluding tert-OH is 1. The van der Waals surface area contributed by atoms with Crippen LogP contribution in [0.1, 0.15) is 65.2 Å². The van der Waals surface area contributed by atoms with Crippen LogP contribution in [0.3, 0.4) is 0 Å². The van der Waals surface area contributed by atoms with Crippen LogP contribution in [0.5, 0.6) is 0 Å². The number of hydrogen-bond acceptors (Lipinski definition) is 9. The second-order valence-corrected chi connectivity index (χ2v) is 17.4. The molecule has 30 heavy (non-hydrogen) atoms. The van der Waals surface area contributed by atoms with Gasteiger partial charge in [0, 0.05) is 11.0 Å². The highest BCUT2D eigenvalue weighted by atomic mass is 32.3. The molecule has 0 spiro atoms. The maximum absolute atomic E-state index is 9.53. The summed E-state index contributed by atoms with van der Waals surface area (Å²) in [6.45, 7) is 4.86. The van der Waals surface area contributed by atoms with E-state index in [0.717, 1.165) is 5.75 Å². The molecule has 3 aliphatic heterocycles. The fraction of sp³-hybridized carbons (Fsp3) is 0.714. The van der Waals surface area contributed by atoms with Crippen molar-refractivity contribution in [2.75, 3.05) is 23.9 Å². The van der Waals surface area contributed by atoms with Crippen LogP contribution in [0.2, 0.25) is 0 Å². The molecule has 3 rings (SSSR count). The number of unbranched alkanes of at least 4 members (excludes halogenated alkanes) is 6. The summed E-state index contributed by atoms with van der Waals surface area (Å²) in [5, 5.41) is 9.88. The second-order valence-electron chi connectivity index (χ2n) is 7.18. The average molecular weight is 557 g/mol. The van der Waals surface area contributed by atoms with E-state index >= 15 is 0 Å². The van der Waals surface area contributed by atoms with Crippen molar-refractivity contribution in [3.63, 3.8) is 0 Å². The van der Waals surface area contributed by atoms with Crippen LogP contribution in [-0.2, 0) is 0 Å². The van der Waals surface area contributed by atoms with E-state index in [0.29, 0.717) is 5.25 Å². The van der Waals surface area contributed by atoms with Crippen molar-refractivity contribution in [3.8, 4) is 0 Å². The van der Waals surface area contributed by atoms with Crippen molar-refractivity contribution < 1.29 is 5.11 Å². The molecule has 1 atom stereocenters. The third-order valence-electron chi connectivity index (χ3n) is 4.58. The molecule has 0 saturated carbocycles. The van der Waals surface area contributed by atoms with Crippen molar-refractivity contribution in [2.24, 2.45) is 0 Å². The van der Waals surface area contributed by atoms with Crippen molar-refractivity contribution in [1.29, 1.82) is 0 Å². The minimum Gasteiger partial charge on any atom is -0.395 e. The van der Waals surface area contributed by atoms with E-state index in [1.807, 2.05) is 70.6 Å². The molecule has 0 amide bonds. The van der Waals surface area contributed by atoms with Crippen molar-refractivity contribution in [3.05, 3.63) is 25.4 Å². The summed E-state index contributed by atoms with van der Waals surface area (Å²) in [7, 11) is 0. The Labute approximate surface area is 217 Å². The fourth-order valence-electron chi connectivity index (χ4n) is 2.88. The van der Waals surface area contributed by atoms with E-state index in [9.17, 15) is 5.11 Å². The number of hydrogen-bond donors (Lipinski definition) is 1. The van der Waals surface area contributed by atoms with Gasteiger partial charge >= 0.3 is 0 Å². The van der Waals surface area contributed by atoms with E-state index in [1.165, 1.54) is 79.8 Å². The predicted molar refractivity (Wildman–Crippen MR) is 156 cm³/mol. The maximum Gasteiger partial charge on any atom is 0.0717 e. The molecule has 0 radical (unpaired) electrons. The topological polar surface area (TPSA) is 20.2 Å². The Balaban J connectivity index is 1.57. The fourth-order valence-corrected chi connectivity index (χ4v) is 15.4. The minimum absolute atomic E-state index is 0.286. The van der Waals surface area contributed by atoms with Gasteiger partial charge in [-0.2, -0.15) is 0 Å². The van der Waals surface area contributed by atoms with Crippen molar-refractivity contribution in [2.45, 2.75) is 70.5 Å². The Morgan fingerprint density at radius 2 is 1.30 bits per heavy atom. The largest absolute Gasteiger partial charge is 0.395 e. The van der Waals surface area contributed by atoms with Gasteiger partial charge in [-0.15, -0.1) is 47.0 Å². The zero-order chi connectivity index (χ0) is 21.2. The zero-order valence-corrected chi connectivity index (χ0v) is 24.3. The molecule has 3 aliphatic rings. The Morgan fingerprint density at radius 3 is 1.87 bits per heavy atom. The molecule has 170 valence electrons. The van der Waals surface area contributed by atoms with Gasteiger partial charge in [0.05, 0.1) is 32.0 Å². The predicted octanol–water partition coefficient (Wildman–Crippen LogP) is 9.79. The van der Waals surface area contributed by atoms with Gasteiger partial charge in [-0.25, -0.2) is 0 Å². The van der Waals surface area contributed by atoms with E-state index in [-0.39, 0.29) is 6.61 Å². The number of aliphatic hydroxyl groups is 1. The third-order valence-corrected chi connectivity index (χ3v) is 16.8. The van der Waals surface area contributed by atoms with Gasteiger partial charge in [0.25, 0.3) is 0 Å². The Morgan fingerprint density at radius 1 is 0.733 bits per heavy atom. The normalized spacial score (nSPS) is 21.9. The van der Waals surface area contributed by atoms with Crippen LogP contribution in [0.15, 0.2) is 25.4 Å². The summed E-state index contributed by atoms with van der Waals surface area (Å²) in [5.41, 5.74) is 0. The molecule has 0 aliphatic carbocycles. The molecule has 9 heteroatoms. The number of thioether (sulfide) groups is 8. The molecular weight excluding hydrogens is 525 g/mol. The van der Waals surface area contributed by atoms with Gasteiger partial charge in [0.1, 0.15) is 0 Å². The Kier molecular flexibility index (Phi) is 13.4. The van der Waals surface area contributed by atoms with Crippen LogP contribution in [-0.4, -0.2) is 34.2 Å². The average Bonchev–Trinajstić information content (AvgIpc) is 3.37. The summed E-state index contributed by atoms with van der Waals surface area (Å²) in [6.07, 6.45) is 10.8. The van der Waals surface area contributed by atoms with E-state index in [4.69, 9.17) is 0 Å². The van der Waals surface area contributed by atoms with Gasteiger partial charge in [0.2, 0.25) is 0 Å². The highest BCUT2D eigenvalue weighted by Crippen LogP contribution is 2.67. The lowest BCUT2D eigenvalue weighted by Gasteiger charge is -2.18. The summed E-state index contributed by atoms with van der Waals surface area (Å²) in [6, 6.07) is 0. The molecule has 0 fully saturated rings.